The predicted octanol–water partition coefficient (Wildman–Crippen LogP) is 7.83. The molecule has 224 valence electrons. The first kappa shape index (κ1) is 30.5. The number of nitrogens with one attached hydrogen (secondary N) is 1. The van der Waals surface area contributed by atoms with E-state index in [4.69, 9.17) is 35.9 Å². The number of esters is 1. The van der Waals surface area contributed by atoms with E-state index in [0.29, 0.717) is 64.5 Å². The summed E-state index contributed by atoms with van der Waals surface area (Å²) < 4.78 is 19.6. The standard InChI is InChI=1S/C33H35ClN4O4S/c1-4-6-18-41-31(39)29-22(3)35-32-36-33(43-21-25-14-10-11-15-26(25)34)37-38(32)30(29)24-16-17-27(28(19-24)40-5-2)42-20-23-12-8-7-9-13-23/h7-17,19,30H,4-6,18,20-21H2,1-3H3,(H,35,36,37). The Morgan fingerprint density at radius 3 is 2.58 bits per heavy atom. The summed E-state index contributed by atoms with van der Waals surface area (Å²) in [6.45, 7) is 7.05. The number of hydrogen-bond donors (Lipinski definition) is 1. The highest BCUT2D eigenvalue weighted by Crippen LogP contribution is 2.40. The van der Waals surface area contributed by atoms with Crippen LogP contribution in [0.4, 0.5) is 5.95 Å². The number of hydrogen-bond acceptors (Lipinski definition) is 8. The maximum Gasteiger partial charge on any atom is 0.338 e. The number of halogens is 1. The lowest BCUT2D eigenvalue weighted by Crippen LogP contribution is -2.30. The Morgan fingerprint density at radius 1 is 1.02 bits per heavy atom. The van der Waals surface area contributed by atoms with Gasteiger partial charge in [0.15, 0.2) is 11.5 Å². The van der Waals surface area contributed by atoms with Gasteiger partial charge in [0.25, 0.3) is 0 Å². The largest absolute Gasteiger partial charge is 0.490 e. The number of unbranched alkanes of at least 4 members (excludes halogenated alkanes) is 1. The van der Waals surface area contributed by atoms with Crippen molar-refractivity contribution in [2.45, 2.75) is 57.2 Å². The zero-order valence-electron chi connectivity index (χ0n) is 24.5. The summed E-state index contributed by atoms with van der Waals surface area (Å²) in [4.78, 5) is 18.3. The molecule has 1 N–H and O–H groups in total. The molecule has 1 aliphatic heterocycles. The van der Waals surface area contributed by atoms with Gasteiger partial charge in [0.2, 0.25) is 11.1 Å². The van der Waals surface area contributed by atoms with Crippen molar-refractivity contribution in [2.75, 3.05) is 18.5 Å². The fourth-order valence-electron chi connectivity index (χ4n) is 4.73. The van der Waals surface area contributed by atoms with Gasteiger partial charge in [-0.3, -0.25) is 0 Å². The Kier molecular flexibility index (Phi) is 10.3. The summed E-state index contributed by atoms with van der Waals surface area (Å²) in [6, 6.07) is 22.8. The van der Waals surface area contributed by atoms with Crippen LogP contribution in [0.3, 0.4) is 0 Å². The molecule has 1 atom stereocenters. The highest BCUT2D eigenvalue weighted by molar-refractivity contribution is 7.98. The second kappa shape index (κ2) is 14.5. The second-order valence-corrected chi connectivity index (χ2v) is 11.4. The molecular formula is C33H35ClN4O4S. The number of rotatable bonds is 13. The van der Waals surface area contributed by atoms with Crippen molar-refractivity contribution in [1.82, 2.24) is 14.8 Å². The molecule has 0 spiro atoms. The highest BCUT2D eigenvalue weighted by atomic mass is 35.5. The molecule has 1 aromatic heterocycles. The van der Waals surface area contributed by atoms with Gasteiger partial charge in [0.1, 0.15) is 12.6 Å². The van der Waals surface area contributed by atoms with E-state index in [-0.39, 0.29) is 0 Å². The molecule has 0 radical (unpaired) electrons. The van der Waals surface area contributed by atoms with Crippen LogP contribution in [0.2, 0.25) is 5.02 Å². The number of anilines is 1. The number of fused-ring (bicyclic) bond motifs is 1. The van der Waals surface area contributed by atoms with Crippen LogP contribution >= 0.6 is 23.4 Å². The molecule has 1 aliphatic rings. The van der Waals surface area contributed by atoms with Gasteiger partial charge in [-0.1, -0.05) is 91.3 Å². The first-order valence-corrected chi connectivity index (χ1v) is 15.8. The van der Waals surface area contributed by atoms with E-state index in [1.807, 2.05) is 86.6 Å². The van der Waals surface area contributed by atoms with Crippen LogP contribution in [0.15, 0.2) is 89.2 Å². The van der Waals surface area contributed by atoms with Crippen LogP contribution in [0.1, 0.15) is 56.3 Å². The number of aromatic nitrogens is 3. The van der Waals surface area contributed by atoms with Crippen molar-refractivity contribution >= 4 is 35.3 Å². The number of nitrogens with zero attached hydrogens (tertiary/aromatic N) is 3. The molecule has 2 heterocycles. The van der Waals surface area contributed by atoms with Gasteiger partial charge in [-0.25, -0.2) is 9.48 Å². The number of benzene rings is 3. The zero-order valence-corrected chi connectivity index (χ0v) is 26.1. The molecular weight excluding hydrogens is 584 g/mol. The summed E-state index contributed by atoms with van der Waals surface area (Å²) in [5.41, 5.74) is 3.98. The fourth-order valence-corrected chi connectivity index (χ4v) is 5.84. The topological polar surface area (TPSA) is 87.5 Å². The molecule has 1 unspecified atom stereocenters. The van der Waals surface area contributed by atoms with Crippen molar-refractivity contribution in [2.24, 2.45) is 0 Å². The first-order chi connectivity index (χ1) is 21.0. The lowest BCUT2D eigenvalue weighted by Gasteiger charge is -2.28. The van der Waals surface area contributed by atoms with Gasteiger partial charge in [0, 0.05) is 16.5 Å². The molecule has 3 aromatic carbocycles. The summed E-state index contributed by atoms with van der Waals surface area (Å²) in [5, 5.41) is 9.37. The third-order valence-electron chi connectivity index (χ3n) is 6.92. The Hall–Kier alpha value is -3.95. The van der Waals surface area contributed by atoms with Gasteiger partial charge in [-0.15, -0.1) is 5.10 Å². The summed E-state index contributed by atoms with van der Waals surface area (Å²) in [6.07, 6.45) is 1.71. The van der Waals surface area contributed by atoms with Crippen LogP contribution in [-0.4, -0.2) is 33.9 Å². The predicted molar refractivity (Wildman–Crippen MR) is 170 cm³/mol. The van der Waals surface area contributed by atoms with Crippen molar-refractivity contribution in [3.8, 4) is 11.5 Å². The number of thioether (sulfide) groups is 1. The van der Waals surface area contributed by atoms with Crippen LogP contribution in [-0.2, 0) is 21.9 Å². The van der Waals surface area contributed by atoms with Crippen molar-refractivity contribution in [3.63, 3.8) is 0 Å². The number of carbonyl (C=O) groups is 1. The third kappa shape index (κ3) is 7.35. The smallest absolute Gasteiger partial charge is 0.338 e. The van der Waals surface area contributed by atoms with E-state index in [9.17, 15) is 4.79 Å². The quantitative estimate of drug-likeness (QED) is 0.0921. The van der Waals surface area contributed by atoms with E-state index in [1.165, 1.54) is 11.8 Å². The number of allylic oxidation sites excluding steroid dienone is 1. The van der Waals surface area contributed by atoms with E-state index in [0.717, 1.165) is 29.5 Å². The molecule has 0 fully saturated rings. The number of carbonyl (C=O) groups excluding carboxylic acids is 1. The fraction of sp³-hybridized carbons (Fsp3) is 0.303. The van der Waals surface area contributed by atoms with E-state index < -0.39 is 12.0 Å². The van der Waals surface area contributed by atoms with Crippen LogP contribution in [0.5, 0.6) is 11.5 Å². The van der Waals surface area contributed by atoms with E-state index in [1.54, 1.807) is 4.68 Å². The molecule has 4 aromatic rings. The van der Waals surface area contributed by atoms with E-state index in [2.05, 4.69) is 12.2 Å². The summed E-state index contributed by atoms with van der Waals surface area (Å²) in [7, 11) is 0. The molecule has 5 rings (SSSR count). The zero-order chi connectivity index (χ0) is 30.2. The molecule has 0 bridgehead atoms. The minimum atomic E-state index is -0.588. The van der Waals surface area contributed by atoms with Crippen molar-refractivity contribution in [3.05, 3.63) is 106 Å². The van der Waals surface area contributed by atoms with Crippen LogP contribution < -0.4 is 14.8 Å². The molecule has 0 aliphatic carbocycles. The van der Waals surface area contributed by atoms with Gasteiger partial charge >= 0.3 is 5.97 Å². The van der Waals surface area contributed by atoms with Crippen LogP contribution in [0, 0.1) is 0 Å². The van der Waals surface area contributed by atoms with Crippen LogP contribution in [0.25, 0.3) is 0 Å². The van der Waals surface area contributed by atoms with Crippen molar-refractivity contribution < 1.29 is 19.0 Å². The molecule has 0 saturated heterocycles. The average molecular weight is 619 g/mol. The third-order valence-corrected chi connectivity index (χ3v) is 8.17. The summed E-state index contributed by atoms with van der Waals surface area (Å²) >= 11 is 7.86. The Bertz CT molecular complexity index is 1590. The van der Waals surface area contributed by atoms with Crippen molar-refractivity contribution in [1.29, 1.82) is 0 Å². The average Bonchev–Trinajstić information content (AvgIpc) is 3.42. The molecule has 8 nitrogen and oxygen atoms in total. The highest BCUT2D eigenvalue weighted by Gasteiger charge is 2.36. The second-order valence-electron chi connectivity index (χ2n) is 10.0. The van der Waals surface area contributed by atoms with E-state index >= 15 is 0 Å². The maximum atomic E-state index is 13.5. The lowest BCUT2D eigenvalue weighted by atomic mass is 9.95. The maximum absolute atomic E-state index is 13.5. The Morgan fingerprint density at radius 2 is 1.81 bits per heavy atom. The van der Waals surface area contributed by atoms with Gasteiger partial charge < -0.3 is 19.5 Å². The van der Waals surface area contributed by atoms with Gasteiger partial charge in [0.05, 0.1) is 18.8 Å². The normalized spacial score (nSPS) is 14.2. The molecule has 0 amide bonds. The Labute approximate surface area is 261 Å². The monoisotopic (exact) mass is 618 g/mol. The SMILES string of the molecule is CCCCOC(=O)C1=C(C)Nc2nc(SCc3ccccc3Cl)nn2C1c1ccc(OCc2ccccc2)c(OCC)c1. The molecule has 0 saturated carbocycles. The van der Waals surface area contributed by atoms with Gasteiger partial charge in [-0.05, 0) is 55.2 Å². The summed E-state index contributed by atoms with van der Waals surface area (Å²) in [5.74, 6) is 1.95. The first-order valence-electron chi connectivity index (χ1n) is 14.4. The molecule has 43 heavy (non-hydrogen) atoms. The lowest BCUT2D eigenvalue weighted by molar-refractivity contribution is -0.139. The molecule has 10 heteroatoms. The van der Waals surface area contributed by atoms with Gasteiger partial charge in [-0.2, -0.15) is 4.98 Å². The Balaban J connectivity index is 1.49. The number of ether oxygens (including phenoxy) is 3. The minimum absolute atomic E-state index is 0.346. The minimum Gasteiger partial charge on any atom is -0.490 e.